The Morgan fingerprint density at radius 1 is 1.47 bits per heavy atom. The van der Waals surface area contributed by atoms with E-state index >= 15 is 0 Å². The molecule has 1 aliphatic rings. The fourth-order valence-corrected chi connectivity index (χ4v) is 2.42. The molecule has 2 unspecified atom stereocenters. The van der Waals surface area contributed by atoms with Crippen molar-refractivity contribution in [3.8, 4) is 0 Å². The maximum Gasteiger partial charge on any atom is 0.137 e. The van der Waals surface area contributed by atoms with Crippen LogP contribution in [-0.4, -0.2) is 43.5 Å². The lowest BCUT2D eigenvalue weighted by atomic mass is 9.81. The summed E-state index contributed by atoms with van der Waals surface area (Å²) in [5.74, 6) is 1.42. The van der Waals surface area contributed by atoms with Crippen LogP contribution in [0.25, 0.3) is 0 Å². The summed E-state index contributed by atoms with van der Waals surface area (Å²) < 4.78 is 5.52. The van der Waals surface area contributed by atoms with Gasteiger partial charge in [-0.05, 0) is 39.7 Å². The fourth-order valence-electron chi connectivity index (χ4n) is 2.42. The van der Waals surface area contributed by atoms with E-state index in [1.807, 2.05) is 13.8 Å². The van der Waals surface area contributed by atoms with Crippen LogP contribution >= 0.6 is 0 Å². The molecule has 1 saturated carbocycles. The van der Waals surface area contributed by atoms with Gasteiger partial charge in [0.1, 0.15) is 5.78 Å². The first-order valence-corrected chi connectivity index (χ1v) is 6.82. The topological polar surface area (TPSA) is 29.5 Å². The molecule has 0 N–H and O–H groups in total. The number of hydrogen-bond donors (Lipinski definition) is 0. The first-order valence-electron chi connectivity index (χ1n) is 6.82. The van der Waals surface area contributed by atoms with Gasteiger partial charge in [-0.1, -0.05) is 6.92 Å². The minimum absolute atomic E-state index is 0.253. The standard InChI is InChI=1S/C14H27NO2/c1-11(2)17-8-7-15(4)10-13-9-12(3)5-6-14(13)16/h11-13H,5-10H2,1-4H3. The number of likely N-dealkylation sites (N-methyl/N-ethyl adjacent to an activating group) is 1. The van der Waals surface area contributed by atoms with E-state index < -0.39 is 0 Å². The summed E-state index contributed by atoms with van der Waals surface area (Å²) >= 11 is 0. The molecule has 0 saturated heterocycles. The molecule has 0 aromatic carbocycles. The Kier molecular flexibility index (Phi) is 6.14. The van der Waals surface area contributed by atoms with Gasteiger partial charge in [-0.25, -0.2) is 0 Å². The molecule has 2 atom stereocenters. The molecule has 1 rings (SSSR count). The van der Waals surface area contributed by atoms with E-state index in [1.165, 1.54) is 0 Å². The summed E-state index contributed by atoms with van der Waals surface area (Å²) in [5, 5.41) is 0. The minimum Gasteiger partial charge on any atom is -0.377 e. The Labute approximate surface area is 106 Å². The summed E-state index contributed by atoms with van der Waals surface area (Å²) in [6.45, 7) is 8.91. The Bertz CT molecular complexity index is 240. The Morgan fingerprint density at radius 3 is 2.82 bits per heavy atom. The van der Waals surface area contributed by atoms with Gasteiger partial charge in [0.25, 0.3) is 0 Å². The van der Waals surface area contributed by atoms with E-state index in [9.17, 15) is 4.79 Å². The highest BCUT2D eigenvalue weighted by atomic mass is 16.5. The average molecular weight is 241 g/mol. The van der Waals surface area contributed by atoms with Crippen LogP contribution in [0.1, 0.15) is 40.0 Å². The van der Waals surface area contributed by atoms with Gasteiger partial charge in [0, 0.05) is 25.4 Å². The summed E-state index contributed by atoms with van der Waals surface area (Å²) in [7, 11) is 2.08. The van der Waals surface area contributed by atoms with Crippen molar-refractivity contribution >= 4 is 5.78 Å². The van der Waals surface area contributed by atoms with Gasteiger partial charge >= 0.3 is 0 Å². The maximum atomic E-state index is 11.8. The number of carbonyl (C=O) groups excluding carboxylic acids is 1. The SMILES string of the molecule is CC1CCC(=O)C(CN(C)CCOC(C)C)C1. The molecule has 100 valence electrons. The molecule has 0 aromatic heterocycles. The Balaban J connectivity index is 2.24. The van der Waals surface area contributed by atoms with E-state index in [-0.39, 0.29) is 5.92 Å². The summed E-state index contributed by atoms with van der Waals surface area (Å²) in [5.41, 5.74) is 0. The first kappa shape index (κ1) is 14.7. The predicted octanol–water partition coefficient (Wildman–Crippen LogP) is 2.35. The lowest BCUT2D eigenvalue weighted by Gasteiger charge is -2.29. The Morgan fingerprint density at radius 2 is 2.18 bits per heavy atom. The van der Waals surface area contributed by atoms with Crippen LogP contribution in [0.4, 0.5) is 0 Å². The molecule has 0 aromatic rings. The van der Waals surface area contributed by atoms with Crippen LogP contribution in [0.15, 0.2) is 0 Å². The number of nitrogens with zero attached hydrogens (tertiary/aromatic N) is 1. The molecule has 3 heteroatoms. The molecule has 0 radical (unpaired) electrons. The third-order valence-corrected chi connectivity index (χ3v) is 3.48. The number of ether oxygens (including phenoxy) is 1. The van der Waals surface area contributed by atoms with E-state index in [4.69, 9.17) is 4.74 Å². The van der Waals surface area contributed by atoms with E-state index in [2.05, 4.69) is 18.9 Å². The van der Waals surface area contributed by atoms with Crippen LogP contribution in [0, 0.1) is 11.8 Å². The van der Waals surface area contributed by atoms with Crippen molar-refractivity contribution in [1.82, 2.24) is 4.90 Å². The van der Waals surface area contributed by atoms with Crippen molar-refractivity contribution in [2.45, 2.75) is 46.1 Å². The van der Waals surface area contributed by atoms with Crippen molar-refractivity contribution in [3.05, 3.63) is 0 Å². The van der Waals surface area contributed by atoms with Crippen LogP contribution in [0.2, 0.25) is 0 Å². The van der Waals surface area contributed by atoms with Gasteiger partial charge in [-0.3, -0.25) is 4.79 Å². The molecule has 0 aliphatic heterocycles. The first-order chi connectivity index (χ1) is 7.99. The third kappa shape index (κ3) is 5.64. The van der Waals surface area contributed by atoms with E-state index in [0.717, 1.165) is 39.0 Å². The quantitative estimate of drug-likeness (QED) is 0.715. The smallest absolute Gasteiger partial charge is 0.137 e. The van der Waals surface area contributed by atoms with Crippen LogP contribution in [0.3, 0.4) is 0 Å². The monoisotopic (exact) mass is 241 g/mol. The largest absolute Gasteiger partial charge is 0.377 e. The van der Waals surface area contributed by atoms with Crippen molar-refractivity contribution < 1.29 is 9.53 Å². The maximum absolute atomic E-state index is 11.8. The average Bonchev–Trinajstić information content (AvgIpc) is 2.23. The molecule has 1 fully saturated rings. The van der Waals surface area contributed by atoms with Gasteiger partial charge in [-0.15, -0.1) is 0 Å². The van der Waals surface area contributed by atoms with E-state index in [1.54, 1.807) is 0 Å². The van der Waals surface area contributed by atoms with Gasteiger partial charge in [0.2, 0.25) is 0 Å². The minimum atomic E-state index is 0.253. The Hall–Kier alpha value is -0.410. The van der Waals surface area contributed by atoms with Crippen molar-refractivity contribution in [1.29, 1.82) is 0 Å². The zero-order valence-corrected chi connectivity index (χ0v) is 11.7. The normalized spacial score (nSPS) is 25.9. The highest BCUT2D eigenvalue weighted by molar-refractivity contribution is 5.81. The van der Waals surface area contributed by atoms with Crippen molar-refractivity contribution in [3.63, 3.8) is 0 Å². The fraction of sp³-hybridized carbons (Fsp3) is 0.929. The van der Waals surface area contributed by atoms with Gasteiger partial charge in [-0.2, -0.15) is 0 Å². The van der Waals surface area contributed by atoms with Gasteiger partial charge in [0.15, 0.2) is 0 Å². The lowest BCUT2D eigenvalue weighted by molar-refractivity contribution is -0.126. The molecule has 3 nitrogen and oxygen atoms in total. The molecular weight excluding hydrogens is 214 g/mol. The molecule has 0 heterocycles. The number of ketones is 1. The van der Waals surface area contributed by atoms with E-state index in [0.29, 0.717) is 17.8 Å². The second kappa shape index (κ2) is 7.12. The lowest BCUT2D eigenvalue weighted by Crippen LogP contribution is -2.36. The van der Waals surface area contributed by atoms with Crippen LogP contribution in [-0.2, 0) is 9.53 Å². The number of carbonyl (C=O) groups is 1. The highest BCUT2D eigenvalue weighted by Gasteiger charge is 2.27. The number of rotatable bonds is 6. The molecule has 1 aliphatic carbocycles. The number of Topliss-reactive ketones (excluding diaryl/α,β-unsaturated/α-hetero) is 1. The molecule has 17 heavy (non-hydrogen) atoms. The molecule has 0 bridgehead atoms. The summed E-state index contributed by atoms with van der Waals surface area (Å²) in [6, 6.07) is 0. The molecule has 0 amide bonds. The summed E-state index contributed by atoms with van der Waals surface area (Å²) in [6.07, 6.45) is 3.21. The molecule has 0 spiro atoms. The van der Waals surface area contributed by atoms with Crippen molar-refractivity contribution in [2.24, 2.45) is 11.8 Å². The van der Waals surface area contributed by atoms with Gasteiger partial charge in [0.05, 0.1) is 12.7 Å². The zero-order chi connectivity index (χ0) is 12.8. The summed E-state index contributed by atoms with van der Waals surface area (Å²) in [4.78, 5) is 14.0. The second-order valence-electron chi connectivity index (χ2n) is 5.72. The number of hydrogen-bond acceptors (Lipinski definition) is 3. The highest BCUT2D eigenvalue weighted by Crippen LogP contribution is 2.26. The second-order valence-corrected chi connectivity index (χ2v) is 5.72. The molecular formula is C14H27NO2. The van der Waals surface area contributed by atoms with Gasteiger partial charge < -0.3 is 9.64 Å². The zero-order valence-electron chi connectivity index (χ0n) is 11.7. The third-order valence-electron chi connectivity index (χ3n) is 3.48. The van der Waals surface area contributed by atoms with Crippen LogP contribution < -0.4 is 0 Å². The van der Waals surface area contributed by atoms with Crippen LogP contribution in [0.5, 0.6) is 0 Å². The predicted molar refractivity (Wildman–Crippen MR) is 70.1 cm³/mol. The van der Waals surface area contributed by atoms with Crippen molar-refractivity contribution in [2.75, 3.05) is 26.7 Å².